The van der Waals surface area contributed by atoms with Crippen molar-refractivity contribution in [3.05, 3.63) is 38.9 Å². The Morgan fingerprint density at radius 2 is 1.89 bits per heavy atom. The van der Waals surface area contributed by atoms with Gasteiger partial charge < -0.3 is 10.2 Å². The van der Waals surface area contributed by atoms with Crippen LogP contribution in [0.4, 0.5) is 5.69 Å². The molecule has 0 unspecified atom stereocenters. The van der Waals surface area contributed by atoms with Crippen LogP contribution < -0.4 is 5.32 Å². The zero-order valence-corrected chi connectivity index (χ0v) is 17.6. The van der Waals surface area contributed by atoms with Crippen LogP contribution in [0.25, 0.3) is 0 Å². The van der Waals surface area contributed by atoms with E-state index in [2.05, 4.69) is 39.9 Å². The summed E-state index contributed by atoms with van der Waals surface area (Å²) in [6.45, 7) is 11.4. The number of carbonyl (C=O) groups excluding carboxylic acids is 1. The Labute approximate surface area is 166 Å². The molecule has 0 bridgehead atoms. The molecule has 1 saturated heterocycles. The van der Waals surface area contributed by atoms with Gasteiger partial charge in [-0.15, -0.1) is 0 Å². The number of piperidine rings is 1. The lowest BCUT2D eigenvalue weighted by Crippen LogP contribution is -2.62. The fraction of sp³-hybridized carbons (Fsp3) is 0.650. The van der Waals surface area contributed by atoms with E-state index in [4.69, 9.17) is 11.6 Å². The van der Waals surface area contributed by atoms with Gasteiger partial charge >= 0.3 is 0 Å². The first-order chi connectivity index (χ1) is 12.5. The Kier molecular flexibility index (Phi) is 6.53. The van der Waals surface area contributed by atoms with Crippen molar-refractivity contribution in [2.45, 2.75) is 77.4 Å². The van der Waals surface area contributed by atoms with Crippen molar-refractivity contribution in [2.75, 3.05) is 6.54 Å². The summed E-state index contributed by atoms with van der Waals surface area (Å²) in [7, 11) is 0. The van der Waals surface area contributed by atoms with E-state index in [-0.39, 0.29) is 33.7 Å². The molecule has 0 aromatic heterocycles. The van der Waals surface area contributed by atoms with Crippen LogP contribution in [-0.4, -0.2) is 39.4 Å². The number of halogens is 1. The summed E-state index contributed by atoms with van der Waals surface area (Å²) in [5.41, 5.74) is 0.0423. The normalized spacial score (nSPS) is 18.9. The monoisotopic (exact) mass is 395 g/mol. The number of hydrogen-bond donors (Lipinski definition) is 1. The molecular formula is C20H30ClN3O3. The van der Waals surface area contributed by atoms with Gasteiger partial charge in [-0.25, -0.2) is 0 Å². The van der Waals surface area contributed by atoms with Gasteiger partial charge in [0.05, 0.1) is 15.5 Å². The van der Waals surface area contributed by atoms with Crippen LogP contribution in [0.2, 0.25) is 5.02 Å². The van der Waals surface area contributed by atoms with E-state index in [0.717, 1.165) is 25.7 Å². The van der Waals surface area contributed by atoms with Crippen molar-refractivity contribution in [3.8, 4) is 0 Å². The molecule has 1 amide bonds. The van der Waals surface area contributed by atoms with E-state index in [9.17, 15) is 14.9 Å². The summed E-state index contributed by atoms with van der Waals surface area (Å²) in [4.78, 5) is 25.7. The van der Waals surface area contributed by atoms with Crippen LogP contribution in [-0.2, 0) is 0 Å². The van der Waals surface area contributed by atoms with Crippen LogP contribution in [0.1, 0.15) is 70.7 Å². The SMILES string of the molecule is CCCCN(C(=O)c1ccc([N+](=O)[O-])cc1Cl)C1CC(C)(C)NC(C)(C)C1. The number of non-ortho nitro benzene ring substituents is 1. The number of carbonyl (C=O) groups is 1. The fourth-order valence-electron chi connectivity index (χ4n) is 4.21. The number of nitro benzene ring substituents is 1. The highest BCUT2D eigenvalue weighted by Gasteiger charge is 2.41. The van der Waals surface area contributed by atoms with Gasteiger partial charge in [0.1, 0.15) is 0 Å². The third kappa shape index (κ3) is 5.42. The van der Waals surface area contributed by atoms with E-state index in [1.54, 1.807) is 0 Å². The van der Waals surface area contributed by atoms with Gasteiger partial charge in [-0.1, -0.05) is 24.9 Å². The molecule has 27 heavy (non-hydrogen) atoms. The third-order valence-corrected chi connectivity index (χ3v) is 5.33. The molecule has 2 rings (SSSR count). The van der Waals surface area contributed by atoms with Crippen LogP contribution in [0.15, 0.2) is 18.2 Å². The highest BCUT2D eigenvalue weighted by atomic mass is 35.5. The van der Waals surface area contributed by atoms with Gasteiger partial charge in [-0.2, -0.15) is 0 Å². The second kappa shape index (κ2) is 8.15. The molecular weight excluding hydrogens is 366 g/mol. The first-order valence-corrected chi connectivity index (χ1v) is 9.88. The molecule has 1 heterocycles. The average molecular weight is 396 g/mol. The van der Waals surface area contributed by atoms with Crippen molar-refractivity contribution in [2.24, 2.45) is 0 Å². The molecule has 0 spiro atoms. The van der Waals surface area contributed by atoms with Gasteiger partial charge in [0.25, 0.3) is 11.6 Å². The fourth-order valence-corrected chi connectivity index (χ4v) is 4.47. The van der Waals surface area contributed by atoms with Crippen molar-refractivity contribution in [1.82, 2.24) is 10.2 Å². The summed E-state index contributed by atoms with van der Waals surface area (Å²) >= 11 is 6.23. The number of amides is 1. The summed E-state index contributed by atoms with van der Waals surface area (Å²) in [5.74, 6) is -0.151. The maximum Gasteiger partial charge on any atom is 0.270 e. The molecule has 0 radical (unpaired) electrons. The van der Waals surface area contributed by atoms with Gasteiger partial charge in [0.2, 0.25) is 0 Å². The number of hydrogen-bond acceptors (Lipinski definition) is 4. The van der Waals surface area contributed by atoms with Crippen LogP contribution in [0, 0.1) is 10.1 Å². The molecule has 1 aromatic rings. The first-order valence-electron chi connectivity index (χ1n) is 9.50. The molecule has 0 saturated carbocycles. The second-order valence-corrected chi connectivity index (χ2v) is 9.14. The molecule has 1 aromatic carbocycles. The van der Waals surface area contributed by atoms with Crippen LogP contribution >= 0.6 is 11.6 Å². The number of benzene rings is 1. The summed E-state index contributed by atoms with van der Waals surface area (Å²) in [6.07, 6.45) is 3.57. The Morgan fingerprint density at radius 3 is 2.37 bits per heavy atom. The van der Waals surface area contributed by atoms with Gasteiger partial charge in [0, 0.05) is 35.8 Å². The Morgan fingerprint density at radius 1 is 1.30 bits per heavy atom. The zero-order chi connectivity index (χ0) is 20.4. The van der Waals surface area contributed by atoms with Gasteiger partial charge in [-0.3, -0.25) is 14.9 Å². The zero-order valence-electron chi connectivity index (χ0n) is 16.8. The minimum Gasteiger partial charge on any atom is -0.335 e. The minimum atomic E-state index is -0.507. The Hall–Kier alpha value is -1.66. The van der Waals surface area contributed by atoms with E-state index in [1.165, 1.54) is 18.2 Å². The molecule has 1 aliphatic heterocycles. The van der Waals surface area contributed by atoms with E-state index < -0.39 is 4.92 Å². The molecule has 1 fully saturated rings. The minimum absolute atomic E-state index is 0.0848. The number of rotatable bonds is 6. The molecule has 7 heteroatoms. The Bertz CT molecular complexity index is 702. The standard InChI is InChI=1S/C20H30ClN3O3/c1-6-7-10-23(15-12-19(2,3)22-20(4,5)13-15)18(25)16-9-8-14(24(26)27)11-17(16)21/h8-9,11,15,22H,6-7,10,12-13H2,1-5H3. The highest BCUT2D eigenvalue weighted by molar-refractivity contribution is 6.34. The smallest absolute Gasteiger partial charge is 0.270 e. The van der Waals surface area contributed by atoms with Gasteiger partial charge in [0.15, 0.2) is 0 Å². The van der Waals surface area contributed by atoms with Crippen molar-refractivity contribution in [1.29, 1.82) is 0 Å². The number of nitrogens with zero attached hydrogens (tertiary/aromatic N) is 2. The lowest BCUT2D eigenvalue weighted by atomic mass is 9.78. The number of unbranched alkanes of at least 4 members (excludes halogenated alkanes) is 1. The molecule has 1 aliphatic rings. The molecule has 150 valence electrons. The summed E-state index contributed by atoms with van der Waals surface area (Å²) in [6, 6.07) is 4.15. The summed E-state index contributed by atoms with van der Waals surface area (Å²) < 4.78 is 0. The topological polar surface area (TPSA) is 75.5 Å². The van der Waals surface area contributed by atoms with Crippen molar-refractivity contribution < 1.29 is 9.72 Å². The third-order valence-electron chi connectivity index (χ3n) is 5.02. The van der Waals surface area contributed by atoms with Crippen LogP contribution in [0.5, 0.6) is 0 Å². The van der Waals surface area contributed by atoms with Crippen LogP contribution in [0.3, 0.4) is 0 Å². The maximum atomic E-state index is 13.3. The quantitative estimate of drug-likeness (QED) is 0.554. The molecule has 1 N–H and O–H groups in total. The molecule has 0 atom stereocenters. The highest BCUT2D eigenvalue weighted by Crippen LogP contribution is 2.33. The molecule has 6 nitrogen and oxygen atoms in total. The first kappa shape index (κ1) is 21.6. The largest absolute Gasteiger partial charge is 0.335 e. The maximum absolute atomic E-state index is 13.3. The van der Waals surface area contributed by atoms with E-state index in [0.29, 0.717) is 12.1 Å². The lowest BCUT2D eigenvalue weighted by molar-refractivity contribution is -0.384. The molecule has 0 aliphatic carbocycles. The van der Waals surface area contributed by atoms with E-state index >= 15 is 0 Å². The summed E-state index contributed by atoms with van der Waals surface area (Å²) in [5, 5.41) is 14.7. The van der Waals surface area contributed by atoms with Crippen molar-refractivity contribution >= 4 is 23.2 Å². The number of nitrogens with one attached hydrogen (secondary N) is 1. The lowest BCUT2D eigenvalue weighted by Gasteiger charge is -2.49. The second-order valence-electron chi connectivity index (χ2n) is 8.73. The van der Waals surface area contributed by atoms with Gasteiger partial charge in [-0.05, 0) is 53.0 Å². The predicted molar refractivity (Wildman–Crippen MR) is 108 cm³/mol. The van der Waals surface area contributed by atoms with Crippen molar-refractivity contribution in [3.63, 3.8) is 0 Å². The predicted octanol–water partition coefficient (Wildman–Crippen LogP) is 4.80. The van der Waals surface area contributed by atoms with E-state index in [1.807, 2.05) is 4.90 Å². The number of nitro groups is 1. The Balaban J connectivity index is 2.35. The average Bonchev–Trinajstić information content (AvgIpc) is 2.51.